The molecule has 6 nitrogen and oxygen atoms in total. The standard InChI is InChI=1S/C12H17N3O3S/c1-7(16)10-9(13)8(11(17)14-2)12(19-10)15-3-5-18-6-4-15/h3-6,13H2,1-2H3,(H,14,17). The smallest absolute Gasteiger partial charge is 0.256 e. The van der Waals surface area contributed by atoms with Crippen LogP contribution in [0.5, 0.6) is 0 Å². The van der Waals surface area contributed by atoms with E-state index in [9.17, 15) is 9.59 Å². The number of ketones is 1. The van der Waals surface area contributed by atoms with Crippen molar-refractivity contribution < 1.29 is 14.3 Å². The summed E-state index contributed by atoms with van der Waals surface area (Å²) in [6.07, 6.45) is 0. The lowest BCUT2D eigenvalue weighted by Gasteiger charge is -2.28. The Morgan fingerprint density at radius 1 is 1.37 bits per heavy atom. The Balaban J connectivity index is 2.48. The van der Waals surface area contributed by atoms with Crippen molar-refractivity contribution in [3.8, 4) is 0 Å². The van der Waals surface area contributed by atoms with Gasteiger partial charge < -0.3 is 20.7 Å². The largest absolute Gasteiger partial charge is 0.397 e. The number of nitrogens with one attached hydrogen (secondary N) is 1. The second-order valence-corrected chi connectivity index (χ2v) is 5.26. The summed E-state index contributed by atoms with van der Waals surface area (Å²) in [6.45, 7) is 4.07. The molecule has 0 spiro atoms. The number of Topliss-reactive ketones (excluding diaryl/α,β-unsaturated/α-hetero) is 1. The molecule has 0 unspecified atom stereocenters. The number of hydrogen-bond donors (Lipinski definition) is 2. The number of hydrogen-bond acceptors (Lipinski definition) is 6. The molecule has 0 saturated carbocycles. The van der Waals surface area contributed by atoms with Crippen molar-refractivity contribution in [1.29, 1.82) is 0 Å². The molecule has 0 aromatic carbocycles. The highest BCUT2D eigenvalue weighted by Gasteiger charge is 2.27. The molecule has 1 saturated heterocycles. The van der Waals surface area contributed by atoms with Gasteiger partial charge in [-0.15, -0.1) is 11.3 Å². The molecule has 2 rings (SSSR count). The maximum atomic E-state index is 12.0. The topological polar surface area (TPSA) is 84.7 Å². The number of rotatable bonds is 3. The van der Waals surface area contributed by atoms with Crippen LogP contribution in [0, 0.1) is 0 Å². The molecule has 1 aliphatic rings. The Labute approximate surface area is 115 Å². The molecule has 0 atom stereocenters. The number of amides is 1. The van der Waals surface area contributed by atoms with E-state index in [0.717, 1.165) is 5.00 Å². The second-order valence-electron chi connectivity index (χ2n) is 4.26. The molecule has 1 aliphatic heterocycles. The van der Waals surface area contributed by atoms with Crippen molar-refractivity contribution in [3.05, 3.63) is 10.4 Å². The van der Waals surface area contributed by atoms with Crippen LogP contribution in [0.15, 0.2) is 0 Å². The predicted octanol–water partition coefficient (Wildman–Crippen LogP) is 0.729. The third-order valence-corrected chi connectivity index (χ3v) is 4.37. The minimum Gasteiger partial charge on any atom is -0.397 e. The van der Waals surface area contributed by atoms with Crippen LogP contribution in [0.3, 0.4) is 0 Å². The van der Waals surface area contributed by atoms with Gasteiger partial charge in [-0.05, 0) is 0 Å². The van der Waals surface area contributed by atoms with Gasteiger partial charge in [0.1, 0.15) is 5.00 Å². The van der Waals surface area contributed by atoms with Gasteiger partial charge in [0.05, 0.1) is 29.3 Å². The maximum absolute atomic E-state index is 12.0. The highest BCUT2D eigenvalue weighted by atomic mass is 32.1. The SMILES string of the molecule is CNC(=O)c1c(N2CCOCC2)sc(C(C)=O)c1N. The Hall–Kier alpha value is -1.60. The van der Waals surface area contributed by atoms with E-state index in [2.05, 4.69) is 5.32 Å². The zero-order chi connectivity index (χ0) is 14.0. The van der Waals surface area contributed by atoms with E-state index >= 15 is 0 Å². The average Bonchev–Trinajstić information content (AvgIpc) is 2.77. The molecule has 2 heterocycles. The number of nitrogens with zero attached hydrogens (tertiary/aromatic N) is 1. The van der Waals surface area contributed by atoms with Crippen LogP contribution in [0.25, 0.3) is 0 Å². The van der Waals surface area contributed by atoms with Crippen molar-refractivity contribution in [3.63, 3.8) is 0 Å². The van der Waals surface area contributed by atoms with Gasteiger partial charge in [0.25, 0.3) is 5.91 Å². The summed E-state index contributed by atoms with van der Waals surface area (Å²) in [4.78, 5) is 26.0. The van der Waals surface area contributed by atoms with Gasteiger partial charge in [0, 0.05) is 27.1 Å². The summed E-state index contributed by atoms with van der Waals surface area (Å²) in [5, 5.41) is 3.33. The fourth-order valence-corrected chi connectivity index (χ4v) is 3.19. The van der Waals surface area contributed by atoms with E-state index in [1.165, 1.54) is 18.3 Å². The number of nitrogen functional groups attached to an aromatic ring is 1. The molecule has 7 heteroatoms. The molecule has 1 fully saturated rings. The summed E-state index contributed by atoms with van der Waals surface area (Å²) in [5.41, 5.74) is 6.64. The van der Waals surface area contributed by atoms with E-state index < -0.39 is 0 Å². The molecule has 3 N–H and O–H groups in total. The van der Waals surface area contributed by atoms with E-state index in [4.69, 9.17) is 10.5 Å². The van der Waals surface area contributed by atoms with Gasteiger partial charge in [0.15, 0.2) is 5.78 Å². The fourth-order valence-electron chi connectivity index (χ4n) is 2.03. The van der Waals surface area contributed by atoms with Gasteiger partial charge in [-0.2, -0.15) is 0 Å². The highest BCUT2D eigenvalue weighted by Crippen LogP contribution is 2.38. The Bertz CT molecular complexity index is 507. The van der Waals surface area contributed by atoms with Gasteiger partial charge in [0.2, 0.25) is 0 Å². The van der Waals surface area contributed by atoms with Crippen LogP contribution >= 0.6 is 11.3 Å². The minimum atomic E-state index is -0.261. The summed E-state index contributed by atoms with van der Waals surface area (Å²) in [5.74, 6) is -0.380. The summed E-state index contributed by atoms with van der Waals surface area (Å²) in [6, 6.07) is 0. The lowest BCUT2D eigenvalue weighted by molar-refractivity contribution is 0.0963. The Kier molecular flexibility index (Phi) is 4.06. The molecule has 19 heavy (non-hydrogen) atoms. The molecular weight excluding hydrogens is 266 g/mol. The van der Waals surface area contributed by atoms with Gasteiger partial charge in [-0.25, -0.2) is 0 Å². The molecule has 104 valence electrons. The highest BCUT2D eigenvalue weighted by molar-refractivity contribution is 7.19. The lowest BCUT2D eigenvalue weighted by atomic mass is 10.2. The number of anilines is 2. The first kappa shape index (κ1) is 13.8. The molecule has 1 amide bonds. The van der Waals surface area contributed by atoms with Crippen LogP contribution in [-0.4, -0.2) is 45.0 Å². The monoisotopic (exact) mass is 283 g/mol. The van der Waals surface area contributed by atoms with Crippen LogP contribution in [0.1, 0.15) is 27.0 Å². The number of nitrogens with two attached hydrogens (primary N) is 1. The third kappa shape index (κ3) is 2.57. The number of carbonyl (C=O) groups is 2. The van der Waals surface area contributed by atoms with E-state index in [0.29, 0.717) is 36.7 Å². The van der Waals surface area contributed by atoms with Crippen LogP contribution in [0.4, 0.5) is 10.7 Å². The fraction of sp³-hybridized carbons (Fsp3) is 0.500. The van der Waals surface area contributed by atoms with Crippen LogP contribution in [-0.2, 0) is 4.74 Å². The third-order valence-electron chi connectivity index (χ3n) is 3.00. The molecule has 0 bridgehead atoms. The quantitative estimate of drug-likeness (QED) is 0.799. The normalized spacial score (nSPS) is 15.4. The van der Waals surface area contributed by atoms with E-state index in [1.54, 1.807) is 7.05 Å². The maximum Gasteiger partial charge on any atom is 0.256 e. The lowest BCUT2D eigenvalue weighted by Crippen LogP contribution is -2.37. The molecular formula is C12H17N3O3S. The molecule has 1 aromatic rings. The van der Waals surface area contributed by atoms with Crippen molar-refractivity contribution in [2.45, 2.75) is 6.92 Å². The van der Waals surface area contributed by atoms with E-state index in [-0.39, 0.29) is 17.4 Å². The molecule has 0 radical (unpaired) electrons. The van der Waals surface area contributed by atoms with Gasteiger partial charge >= 0.3 is 0 Å². The van der Waals surface area contributed by atoms with Crippen molar-refractivity contribution in [2.75, 3.05) is 44.0 Å². The van der Waals surface area contributed by atoms with Crippen molar-refractivity contribution in [2.24, 2.45) is 0 Å². The summed E-state index contributed by atoms with van der Waals surface area (Å²) < 4.78 is 5.30. The Morgan fingerprint density at radius 2 is 2.00 bits per heavy atom. The zero-order valence-corrected chi connectivity index (χ0v) is 11.8. The van der Waals surface area contributed by atoms with Crippen LogP contribution in [0.2, 0.25) is 0 Å². The molecule has 0 aliphatic carbocycles. The first-order valence-electron chi connectivity index (χ1n) is 6.04. The zero-order valence-electron chi connectivity index (χ0n) is 11.0. The number of ether oxygens (including phenoxy) is 1. The van der Waals surface area contributed by atoms with Crippen LogP contribution < -0.4 is 16.0 Å². The van der Waals surface area contributed by atoms with Crippen molar-refractivity contribution >= 4 is 33.7 Å². The summed E-state index contributed by atoms with van der Waals surface area (Å²) >= 11 is 1.28. The predicted molar refractivity (Wildman–Crippen MR) is 75.2 cm³/mol. The van der Waals surface area contributed by atoms with Gasteiger partial charge in [-0.1, -0.05) is 0 Å². The number of morpholine rings is 1. The minimum absolute atomic E-state index is 0.118. The summed E-state index contributed by atoms with van der Waals surface area (Å²) in [7, 11) is 1.55. The first-order chi connectivity index (χ1) is 9.06. The first-order valence-corrected chi connectivity index (χ1v) is 6.86. The second kappa shape index (κ2) is 5.58. The van der Waals surface area contributed by atoms with Crippen molar-refractivity contribution in [1.82, 2.24) is 5.32 Å². The number of carbonyl (C=O) groups excluding carboxylic acids is 2. The molecule has 1 aromatic heterocycles. The van der Waals surface area contributed by atoms with E-state index in [1.807, 2.05) is 4.90 Å². The average molecular weight is 283 g/mol. The Morgan fingerprint density at radius 3 is 2.53 bits per heavy atom. The van der Waals surface area contributed by atoms with Gasteiger partial charge in [-0.3, -0.25) is 9.59 Å². The number of thiophene rings is 1.